The second-order valence-electron chi connectivity index (χ2n) is 6.53. The number of aryl methyl sites for hydroxylation is 1. The lowest BCUT2D eigenvalue weighted by Gasteiger charge is -2.20. The van der Waals surface area contributed by atoms with Gasteiger partial charge in [-0.1, -0.05) is 44.2 Å². The summed E-state index contributed by atoms with van der Waals surface area (Å²) in [7, 11) is 0. The third-order valence-corrected chi connectivity index (χ3v) is 3.86. The van der Waals surface area contributed by atoms with Gasteiger partial charge in [-0.15, -0.1) is 0 Å². The normalized spacial score (nSPS) is 12.0. The molecule has 2 rings (SSSR count). The highest BCUT2D eigenvalue weighted by molar-refractivity contribution is 5.87. The smallest absolute Gasteiger partial charge is 0.242 e. The fourth-order valence-corrected chi connectivity index (χ4v) is 2.58. The van der Waals surface area contributed by atoms with Gasteiger partial charge in [0.1, 0.15) is 11.8 Å². The molecule has 0 spiro atoms. The summed E-state index contributed by atoms with van der Waals surface area (Å²) in [5.41, 5.74) is 1.11. The van der Waals surface area contributed by atoms with Crippen LogP contribution in [0, 0.1) is 5.92 Å². The summed E-state index contributed by atoms with van der Waals surface area (Å²) in [4.78, 5) is 24.7. The van der Waals surface area contributed by atoms with Crippen molar-refractivity contribution in [2.75, 3.05) is 0 Å². The molecule has 0 saturated carbocycles. The van der Waals surface area contributed by atoms with Crippen LogP contribution in [0.4, 0.5) is 0 Å². The molecule has 0 saturated heterocycles. The van der Waals surface area contributed by atoms with E-state index >= 15 is 0 Å². The van der Waals surface area contributed by atoms with E-state index in [1.807, 2.05) is 44.2 Å². The Balaban J connectivity index is 1.85. The first-order valence-electron chi connectivity index (χ1n) is 8.68. The number of benzene rings is 1. The Bertz CT molecular complexity index is 651. The third kappa shape index (κ3) is 6.83. The van der Waals surface area contributed by atoms with Crippen molar-refractivity contribution in [3.05, 3.63) is 60.1 Å². The average molecular weight is 342 g/mol. The zero-order chi connectivity index (χ0) is 18.1. The molecule has 0 radical (unpaired) electrons. The monoisotopic (exact) mass is 342 g/mol. The quantitative estimate of drug-likeness (QED) is 0.736. The number of rotatable bonds is 9. The molecule has 0 aliphatic heterocycles. The number of hydrogen-bond donors (Lipinski definition) is 2. The van der Waals surface area contributed by atoms with Crippen LogP contribution in [0.5, 0.6) is 0 Å². The van der Waals surface area contributed by atoms with Crippen molar-refractivity contribution < 1.29 is 14.0 Å². The molecule has 0 fully saturated rings. The van der Waals surface area contributed by atoms with Crippen molar-refractivity contribution in [2.24, 2.45) is 5.92 Å². The van der Waals surface area contributed by atoms with Crippen LogP contribution in [0.3, 0.4) is 0 Å². The maximum atomic E-state index is 12.4. The molecule has 5 nitrogen and oxygen atoms in total. The largest absolute Gasteiger partial charge is 0.467 e. The Hall–Kier alpha value is -2.56. The molecular formula is C20H26N2O3. The minimum atomic E-state index is -0.529. The topological polar surface area (TPSA) is 71.3 Å². The Labute approximate surface area is 148 Å². The van der Waals surface area contributed by atoms with Crippen LogP contribution >= 0.6 is 0 Å². The summed E-state index contributed by atoms with van der Waals surface area (Å²) < 4.78 is 5.21. The van der Waals surface area contributed by atoms with Gasteiger partial charge < -0.3 is 15.1 Å². The molecule has 1 aromatic heterocycles. The van der Waals surface area contributed by atoms with Crippen molar-refractivity contribution in [3.8, 4) is 0 Å². The van der Waals surface area contributed by atoms with Gasteiger partial charge in [-0.05, 0) is 36.5 Å². The van der Waals surface area contributed by atoms with Gasteiger partial charge in [-0.2, -0.15) is 0 Å². The molecule has 5 heteroatoms. The molecule has 0 aliphatic carbocycles. The lowest BCUT2D eigenvalue weighted by molar-refractivity contribution is -0.129. The van der Waals surface area contributed by atoms with Crippen molar-refractivity contribution in [3.63, 3.8) is 0 Å². The standard InChI is InChI=1S/C20H26N2O3/c1-15(2)13-18(20(24)21-14-17-9-6-12-25-17)22-19(23)11-10-16-7-4-3-5-8-16/h3-9,12,15,18H,10-11,13-14H2,1-2H3,(H,21,24)(H,22,23)/t18-/m1/s1. The van der Waals surface area contributed by atoms with Crippen LogP contribution in [0.25, 0.3) is 0 Å². The minimum absolute atomic E-state index is 0.109. The van der Waals surface area contributed by atoms with Gasteiger partial charge in [0.2, 0.25) is 11.8 Å². The molecule has 1 heterocycles. The van der Waals surface area contributed by atoms with Gasteiger partial charge in [0.25, 0.3) is 0 Å². The highest BCUT2D eigenvalue weighted by Gasteiger charge is 2.21. The molecule has 2 N–H and O–H groups in total. The molecule has 0 unspecified atom stereocenters. The summed E-state index contributed by atoms with van der Waals surface area (Å²) in [5, 5.41) is 5.69. The average Bonchev–Trinajstić information content (AvgIpc) is 3.11. The van der Waals surface area contributed by atoms with Gasteiger partial charge in [-0.25, -0.2) is 0 Å². The summed E-state index contributed by atoms with van der Waals surface area (Å²) >= 11 is 0. The summed E-state index contributed by atoms with van der Waals surface area (Å²) in [6, 6.07) is 12.9. The van der Waals surface area contributed by atoms with Crippen LogP contribution < -0.4 is 10.6 Å². The predicted octanol–water partition coefficient (Wildman–Crippen LogP) is 3.06. The van der Waals surface area contributed by atoms with Gasteiger partial charge in [0, 0.05) is 6.42 Å². The van der Waals surface area contributed by atoms with E-state index in [1.165, 1.54) is 0 Å². The lowest BCUT2D eigenvalue weighted by Crippen LogP contribution is -2.47. The maximum Gasteiger partial charge on any atom is 0.242 e. The van der Waals surface area contributed by atoms with E-state index in [0.29, 0.717) is 37.5 Å². The maximum absolute atomic E-state index is 12.4. The molecular weight excluding hydrogens is 316 g/mol. The Morgan fingerprint density at radius 2 is 1.84 bits per heavy atom. The zero-order valence-corrected chi connectivity index (χ0v) is 14.8. The first-order chi connectivity index (χ1) is 12.0. The van der Waals surface area contributed by atoms with Crippen molar-refractivity contribution in [1.29, 1.82) is 0 Å². The van der Waals surface area contributed by atoms with Crippen molar-refractivity contribution >= 4 is 11.8 Å². The molecule has 2 amide bonds. The number of hydrogen-bond acceptors (Lipinski definition) is 3. The Kier molecular flexibility index (Phi) is 7.26. The van der Waals surface area contributed by atoms with Crippen molar-refractivity contribution in [1.82, 2.24) is 10.6 Å². The van der Waals surface area contributed by atoms with Crippen LogP contribution in [0.2, 0.25) is 0 Å². The van der Waals surface area contributed by atoms with E-state index in [9.17, 15) is 9.59 Å². The Morgan fingerprint density at radius 3 is 2.48 bits per heavy atom. The third-order valence-electron chi connectivity index (χ3n) is 3.86. The van der Waals surface area contributed by atoms with E-state index < -0.39 is 6.04 Å². The highest BCUT2D eigenvalue weighted by Crippen LogP contribution is 2.08. The number of furan rings is 1. The summed E-state index contributed by atoms with van der Waals surface area (Å²) in [6.07, 6.45) is 3.19. The van der Waals surface area contributed by atoms with E-state index in [1.54, 1.807) is 18.4 Å². The van der Waals surface area contributed by atoms with Crippen LogP contribution in [0.1, 0.15) is 38.0 Å². The zero-order valence-electron chi connectivity index (χ0n) is 14.8. The minimum Gasteiger partial charge on any atom is -0.467 e. The van der Waals surface area contributed by atoms with Crippen LogP contribution in [0.15, 0.2) is 53.1 Å². The van der Waals surface area contributed by atoms with Gasteiger partial charge in [0.05, 0.1) is 12.8 Å². The van der Waals surface area contributed by atoms with Crippen LogP contribution in [-0.2, 0) is 22.6 Å². The van der Waals surface area contributed by atoms with Gasteiger partial charge in [0.15, 0.2) is 0 Å². The van der Waals surface area contributed by atoms with E-state index in [4.69, 9.17) is 4.42 Å². The highest BCUT2D eigenvalue weighted by atomic mass is 16.3. The molecule has 1 aromatic carbocycles. The molecule has 25 heavy (non-hydrogen) atoms. The summed E-state index contributed by atoms with van der Waals surface area (Å²) in [6.45, 7) is 4.38. The first kappa shape index (κ1) is 18.8. The molecule has 134 valence electrons. The number of carbonyl (C=O) groups is 2. The summed E-state index contributed by atoms with van der Waals surface area (Å²) in [5.74, 6) is 0.696. The molecule has 0 aliphatic rings. The number of amides is 2. The van der Waals surface area contributed by atoms with E-state index in [-0.39, 0.29) is 11.8 Å². The molecule has 0 bridgehead atoms. The Morgan fingerprint density at radius 1 is 1.08 bits per heavy atom. The van der Waals surface area contributed by atoms with E-state index in [0.717, 1.165) is 5.56 Å². The second-order valence-corrected chi connectivity index (χ2v) is 6.53. The fourth-order valence-electron chi connectivity index (χ4n) is 2.58. The fraction of sp³-hybridized carbons (Fsp3) is 0.400. The molecule has 1 atom stereocenters. The first-order valence-corrected chi connectivity index (χ1v) is 8.68. The second kappa shape index (κ2) is 9.67. The van der Waals surface area contributed by atoms with Gasteiger partial charge >= 0.3 is 0 Å². The van der Waals surface area contributed by atoms with Crippen molar-refractivity contribution in [2.45, 2.75) is 45.7 Å². The predicted molar refractivity (Wildman–Crippen MR) is 96.7 cm³/mol. The number of carbonyl (C=O) groups excluding carboxylic acids is 2. The number of nitrogens with one attached hydrogen (secondary N) is 2. The van der Waals surface area contributed by atoms with Gasteiger partial charge in [-0.3, -0.25) is 9.59 Å². The molecule has 2 aromatic rings. The SMILES string of the molecule is CC(C)C[C@@H](NC(=O)CCc1ccccc1)C(=O)NCc1ccco1. The van der Waals surface area contributed by atoms with Crippen LogP contribution in [-0.4, -0.2) is 17.9 Å². The van der Waals surface area contributed by atoms with E-state index in [2.05, 4.69) is 10.6 Å². The lowest BCUT2D eigenvalue weighted by atomic mass is 10.0.